The molecule has 1 atom stereocenters. The zero-order valence-electron chi connectivity index (χ0n) is 9.91. The molecule has 2 heterocycles. The van der Waals surface area contributed by atoms with Gasteiger partial charge in [-0.25, -0.2) is 4.98 Å². The second kappa shape index (κ2) is 4.59. The smallest absolute Gasteiger partial charge is 0.260 e. The van der Waals surface area contributed by atoms with E-state index in [2.05, 4.69) is 9.97 Å². The predicted octanol–water partition coefficient (Wildman–Crippen LogP) is 3.12. The fourth-order valence-corrected chi connectivity index (χ4v) is 2.69. The number of nitro groups is 1. The van der Waals surface area contributed by atoms with Crippen LogP contribution in [0.4, 0.5) is 5.69 Å². The van der Waals surface area contributed by atoms with Crippen molar-refractivity contribution in [2.45, 2.75) is 18.8 Å². The molecular weight excluding hydrogens is 266 g/mol. The lowest BCUT2D eigenvalue weighted by Gasteiger charge is -2.10. The van der Waals surface area contributed by atoms with Gasteiger partial charge in [0.1, 0.15) is 10.8 Å². The van der Waals surface area contributed by atoms with Gasteiger partial charge in [-0.2, -0.15) is 0 Å². The summed E-state index contributed by atoms with van der Waals surface area (Å²) in [4.78, 5) is 19.2. The number of pyridine rings is 2. The maximum absolute atomic E-state index is 11.1. The maximum Gasteiger partial charge on any atom is 0.291 e. The molecule has 96 valence electrons. The average molecular weight is 276 g/mol. The number of nitrogens with zero attached hydrogens (tertiary/aromatic N) is 3. The Bertz CT molecular complexity index is 660. The maximum atomic E-state index is 11.1. The van der Waals surface area contributed by atoms with E-state index in [0.29, 0.717) is 5.69 Å². The highest BCUT2D eigenvalue weighted by molar-refractivity contribution is 6.29. The molecule has 1 unspecified atom stereocenters. The largest absolute Gasteiger partial charge is 0.291 e. The van der Waals surface area contributed by atoms with Gasteiger partial charge >= 0.3 is 0 Å². The van der Waals surface area contributed by atoms with E-state index in [1.54, 1.807) is 6.20 Å². The van der Waals surface area contributed by atoms with Crippen LogP contribution in [-0.2, 0) is 6.42 Å². The average Bonchev–Trinajstić information content (AvgIpc) is 2.82. The van der Waals surface area contributed by atoms with Gasteiger partial charge in [0.05, 0.1) is 16.5 Å². The van der Waals surface area contributed by atoms with Crippen LogP contribution in [0.15, 0.2) is 30.5 Å². The van der Waals surface area contributed by atoms with Gasteiger partial charge in [-0.15, -0.1) is 0 Å². The molecule has 0 N–H and O–H groups in total. The van der Waals surface area contributed by atoms with Crippen LogP contribution < -0.4 is 0 Å². The summed E-state index contributed by atoms with van der Waals surface area (Å²) >= 11 is 5.87. The molecule has 2 aromatic rings. The number of fused-ring (bicyclic) bond motifs is 1. The van der Waals surface area contributed by atoms with E-state index in [1.807, 2.05) is 12.1 Å². The first-order valence-electron chi connectivity index (χ1n) is 5.91. The molecule has 1 aliphatic rings. The molecule has 2 aromatic heterocycles. The summed E-state index contributed by atoms with van der Waals surface area (Å²) in [6.07, 6.45) is 3.34. The second-order valence-corrected chi connectivity index (χ2v) is 4.82. The zero-order chi connectivity index (χ0) is 13.4. The minimum Gasteiger partial charge on any atom is -0.260 e. The quantitative estimate of drug-likeness (QED) is 0.480. The molecule has 1 aliphatic carbocycles. The van der Waals surface area contributed by atoms with E-state index in [-0.39, 0.29) is 16.8 Å². The lowest BCUT2D eigenvalue weighted by molar-refractivity contribution is -0.386. The Balaban J connectivity index is 2.13. The molecule has 6 heteroatoms. The first kappa shape index (κ1) is 12.0. The van der Waals surface area contributed by atoms with Crippen molar-refractivity contribution in [1.29, 1.82) is 0 Å². The van der Waals surface area contributed by atoms with E-state index in [4.69, 9.17) is 11.6 Å². The van der Waals surface area contributed by atoms with E-state index in [1.165, 1.54) is 12.1 Å². The standard InChI is InChI=1S/C13H10ClN3O2/c14-11-6-5-10(17(18)19)13(16-11)9-4-3-8-2-1-7-15-12(8)9/h1-2,5-7,9H,3-4H2. The first-order valence-corrected chi connectivity index (χ1v) is 6.29. The van der Waals surface area contributed by atoms with E-state index in [9.17, 15) is 10.1 Å². The molecule has 0 radical (unpaired) electrons. The molecular formula is C13H10ClN3O2. The van der Waals surface area contributed by atoms with Crippen LogP contribution in [0.5, 0.6) is 0 Å². The van der Waals surface area contributed by atoms with Gasteiger partial charge in [0.15, 0.2) is 0 Å². The van der Waals surface area contributed by atoms with Crippen molar-refractivity contribution in [2.24, 2.45) is 0 Å². The summed E-state index contributed by atoms with van der Waals surface area (Å²) in [6.45, 7) is 0. The fraction of sp³-hybridized carbons (Fsp3) is 0.231. The lowest BCUT2D eigenvalue weighted by Crippen LogP contribution is -2.06. The Morgan fingerprint density at radius 1 is 1.32 bits per heavy atom. The molecule has 0 fully saturated rings. The summed E-state index contributed by atoms with van der Waals surface area (Å²) in [6, 6.07) is 6.73. The number of hydrogen-bond donors (Lipinski definition) is 0. The van der Waals surface area contributed by atoms with Crippen molar-refractivity contribution in [2.75, 3.05) is 0 Å². The zero-order valence-corrected chi connectivity index (χ0v) is 10.7. The minimum atomic E-state index is -0.417. The first-order chi connectivity index (χ1) is 9.16. The molecule has 5 nitrogen and oxygen atoms in total. The van der Waals surface area contributed by atoms with Crippen molar-refractivity contribution in [3.05, 3.63) is 62.7 Å². The van der Waals surface area contributed by atoms with Crippen LogP contribution in [0.25, 0.3) is 0 Å². The highest BCUT2D eigenvalue weighted by Crippen LogP contribution is 2.39. The van der Waals surface area contributed by atoms with Crippen LogP contribution in [0.1, 0.15) is 29.3 Å². The van der Waals surface area contributed by atoms with Gasteiger partial charge in [0, 0.05) is 12.3 Å². The van der Waals surface area contributed by atoms with E-state index < -0.39 is 4.92 Å². The number of halogens is 1. The van der Waals surface area contributed by atoms with Gasteiger partial charge in [0.2, 0.25) is 0 Å². The van der Waals surface area contributed by atoms with E-state index in [0.717, 1.165) is 24.1 Å². The SMILES string of the molecule is O=[N+]([O-])c1ccc(Cl)nc1C1CCc2cccnc21. The van der Waals surface area contributed by atoms with Crippen molar-refractivity contribution >= 4 is 17.3 Å². The van der Waals surface area contributed by atoms with Gasteiger partial charge in [-0.3, -0.25) is 15.1 Å². The lowest BCUT2D eigenvalue weighted by atomic mass is 10.0. The number of hydrogen-bond acceptors (Lipinski definition) is 4. The normalized spacial score (nSPS) is 17.2. The topological polar surface area (TPSA) is 68.9 Å². The highest BCUT2D eigenvalue weighted by Gasteiger charge is 2.32. The van der Waals surface area contributed by atoms with Crippen molar-refractivity contribution in [3.8, 4) is 0 Å². The Morgan fingerprint density at radius 3 is 2.95 bits per heavy atom. The Labute approximate surface area is 114 Å². The summed E-state index contributed by atoms with van der Waals surface area (Å²) in [7, 11) is 0. The minimum absolute atomic E-state index is 0.00732. The fourth-order valence-electron chi connectivity index (χ4n) is 2.53. The third-order valence-corrected chi connectivity index (χ3v) is 3.56. The van der Waals surface area contributed by atoms with Crippen molar-refractivity contribution in [3.63, 3.8) is 0 Å². The van der Waals surface area contributed by atoms with Gasteiger partial charge < -0.3 is 0 Å². The Kier molecular flexibility index (Phi) is 2.91. The third-order valence-electron chi connectivity index (χ3n) is 3.35. The summed E-state index contributed by atoms with van der Waals surface area (Å²) < 4.78 is 0. The molecule has 0 saturated heterocycles. The molecule has 3 rings (SSSR count). The van der Waals surface area contributed by atoms with Crippen LogP contribution in [0.3, 0.4) is 0 Å². The number of aromatic nitrogens is 2. The monoisotopic (exact) mass is 275 g/mol. The van der Waals surface area contributed by atoms with Crippen LogP contribution in [0, 0.1) is 10.1 Å². The Morgan fingerprint density at radius 2 is 2.16 bits per heavy atom. The highest BCUT2D eigenvalue weighted by atomic mass is 35.5. The van der Waals surface area contributed by atoms with Crippen LogP contribution >= 0.6 is 11.6 Å². The molecule has 0 saturated carbocycles. The summed E-state index contributed by atoms with van der Waals surface area (Å²) in [5.74, 6) is -0.143. The molecule has 0 amide bonds. The molecule has 0 aliphatic heterocycles. The van der Waals surface area contributed by atoms with Crippen molar-refractivity contribution < 1.29 is 4.92 Å². The third kappa shape index (κ3) is 2.06. The van der Waals surface area contributed by atoms with Crippen LogP contribution in [-0.4, -0.2) is 14.9 Å². The number of aryl methyl sites for hydroxylation is 1. The molecule has 0 bridgehead atoms. The molecule has 0 spiro atoms. The number of rotatable bonds is 2. The second-order valence-electron chi connectivity index (χ2n) is 4.43. The summed E-state index contributed by atoms with van der Waals surface area (Å²) in [5.41, 5.74) is 2.42. The predicted molar refractivity (Wildman–Crippen MR) is 70.3 cm³/mol. The Hall–Kier alpha value is -2.01. The summed E-state index contributed by atoms with van der Waals surface area (Å²) in [5, 5.41) is 11.4. The van der Waals surface area contributed by atoms with E-state index >= 15 is 0 Å². The van der Waals surface area contributed by atoms with Crippen LogP contribution in [0.2, 0.25) is 5.15 Å². The molecule has 19 heavy (non-hydrogen) atoms. The van der Waals surface area contributed by atoms with Gasteiger partial charge in [-0.05, 0) is 30.5 Å². The van der Waals surface area contributed by atoms with Gasteiger partial charge in [0.25, 0.3) is 5.69 Å². The van der Waals surface area contributed by atoms with Gasteiger partial charge in [-0.1, -0.05) is 17.7 Å². The molecule has 0 aromatic carbocycles. The van der Waals surface area contributed by atoms with Crippen molar-refractivity contribution in [1.82, 2.24) is 9.97 Å².